The molecular weight excluding hydrogens is 467 g/mol. The molecule has 1 heterocycles. The first kappa shape index (κ1) is 25.0. The van der Waals surface area contributed by atoms with Crippen molar-refractivity contribution in [1.82, 2.24) is 10.2 Å². The molecule has 2 atom stereocenters. The molecule has 192 valence electrons. The molecule has 5 nitrogen and oxygen atoms in total. The number of carbonyl (C=O) groups is 2. The van der Waals surface area contributed by atoms with Crippen LogP contribution < -0.4 is 10.1 Å². The highest BCUT2D eigenvalue weighted by atomic mass is 19.1. The van der Waals surface area contributed by atoms with Crippen LogP contribution in [0.5, 0.6) is 5.75 Å². The zero-order valence-corrected chi connectivity index (χ0v) is 21.4. The highest BCUT2D eigenvalue weighted by Crippen LogP contribution is 2.41. The SMILES string of the molecule is CC[C@@H](Oc1ccc2c(c1)[C@@H](c1cccc(C)c1)N(C(=O)C1CC1)CC2)C(=O)NCc1ccc(F)cc1. The third-order valence-electron chi connectivity index (χ3n) is 7.23. The monoisotopic (exact) mass is 500 g/mol. The third kappa shape index (κ3) is 5.68. The number of hydrogen-bond donors (Lipinski definition) is 1. The van der Waals surface area contributed by atoms with Crippen LogP contribution >= 0.6 is 0 Å². The van der Waals surface area contributed by atoms with Crippen molar-refractivity contribution in [2.45, 2.75) is 58.2 Å². The van der Waals surface area contributed by atoms with Crippen LogP contribution in [0.1, 0.15) is 60.0 Å². The molecule has 5 rings (SSSR count). The molecule has 0 radical (unpaired) electrons. The van der Waals surface area contributed by atoms with Crippen molar-refractivity contribution < 1.29 is 18.7 Å². The topological polar surface area (TPSA) is 58.6 Å². The summed E-state index contributed by atoms with van der Waals surface area (Å²) in [6, 6.07) is 20.2. The van der Waals surface area contributed by atoms with Crippen LogP contribution in [0.25, 0.3) is 0 Å². The van der Waals surface area contributed by atoms with Gasteiger partial charge in [0.05, 0.1) is 6.04 Å². The Labute approximate surface area is 217 Å². The summed E-state index contributed by atoms with van der Waals surface area (Å²) in [4.78, 5) is 28.2. The Bertz CT molecular complexity index is 1290. The molecule has 0 saturated heterocycles. The first-order valence-electron chi connectivity index (χ1n) is 13.1. The van der Waals surface area contributed by atoms with Crippen molar-refractivity contribution in [2.75, 3.05) is 6.54 Å². The van der Waals surface area contributed by atoms with Crippen LogP contribution in [0, 0.1) is 18.7 Å². The lowest BCUT2D eigenvalue weighted by Gasteiger charge is -2.38. The van der Waals surface area contributed by atoms with E-state index in [0.717, 1.165) is 41.5 Å². The standard InChI is InChI=1S/C31H33FN2O3/c1-3-28(30(35)33-19-21-7-12-25(32)13-8-21)37-26-14-11-22-15-16-34(31(36)23-9-10-23)29(27(22)18-26)24-6-4-5-20(2)17-24/h4-8,11-14,17-18,23,28-29H,3,9-10,15-16,19H2,1-2H3,(H,33,35)/t28-,29-/m1/s1. The zero-order valence-electron chi connectivity index (χ0n) is 21.4. The summed E-state index contributed by atoms with van der Waals surface area (Å²) < 4.78 is 19.4. The summed E-state index contributed by atoms with van der Waals surface area (Å²) in [6.45, 7) is 4.98. The minimum Gasteiger partial charge on any atom is -0.481 e. The fraction of sp³-hybridized carbons (Fsp3) is 0.355. The zero-order chi connectivity index (χ0) is 25.9. The second-order valence-electron chi connectivity index (χ2n) is 10.1. The molecular formula is C31H33FN2O3. The maximum absolute atomic E-state index is 13.3. The van der Waals surface area contributed by atoms with E-state index in [4.69, 9.17) is 4.74 Å². The molecule has 0 bridgehead atoms. The van der Waals surface area contributed by atoms with Gasteiger partial charge in [-0.3, -0.25) is 9.59 Å². The van der Waals surface area contributed by atoms with Crippen LogP contribution in [-0.4, -0.2) is 29.4 Å². The summed E-state index contributed by atoms with van der Waals surface area (Å²) in [7, 11) is 0. The van der Waals surface area contributed by atoms with Gasteiger partial charge in [-0.2, -0.15) is 0 Å². The molecule has 0 aromatic heterocycles. The molecule has 0 spiro atoms. The highest BCUT2D eigenvalue weighted by molar-refractivity contribution is 5.82. The lowest BCUT2D eigenvalue weighted by atomic mass is 9.87. The second kappa shape index (κ2) is 10.8. The summed E-state index contributed by atoms with van der Waals surface area (Å²) in [6.07, 6.45) is 2.57. The molecule has 3 aromatic rings. The van der Waals surface area contributed by atoms with Crippen molar-refractivity contribution in [3.63, 3.8) is 0 Å². The number of carbonyl (C=O) groups excluding carboxylic acids is 2. The molecule has 2 aliphatic rings. The minimum absolute atomic E-state index is 0.141. The molecule has 1 N–H and O–H groups in total. The number of fused-ring (bicyclic) bond motifs is 1. The predicted molar refractivity (Wildman–Crippen MR) is 141 cm³/mol. The lowest BCUT2D eigenvalue weighted by molar-refractivity contribution is -0.134. The summed E-state index contributed by atoms with van der Waals surface area (Å²) in [5.74, 6) is 0.461. The van der Waals surface area contributed by atoms with Gasteiger partial charge in [0.25, 0.3) is 5.91 Å². The normalized spacial score (nSPS) is 17.6. The van der Waals surface area contributed by atoms with Gasteiger partial charge in [-0.15, -0.1) is 0 Å². The van der Waals surface area contributed by atoms with Crippen LogP contribution in [0.2, 0.25) is 0 Å². The van der Waals surface area contributed by atoms with Crippen molar-refractivity contribution in [1.29, 1.82) is 0 Å². The van der Waals surface area contributed by atoms with Gasteiger partial charge in [-0.25, -0.2) is 4.39 Å². The van der Waals surface area contributed by atoms with Gasteiger partial charge in [0.15, 0.2) is 6.10 Å². The summed E-state index contributed by atoms with van der Waals surface area (Å²) in [5, 5.41) is 2.89. The summed E-state index contributed by atoms with van der Waals surface area (Å²) >= 11 is 0. The Hall–Kier alpha value is -3.67. The Morgan fingerprint density at radius 1 is 1.08 bits per heavy atom. The molecule has 1 saturated carbocycles. The molecule has 3 aromatic carbocycles. The average molecular weight is 501 g/mol. The van der Waals surface area contributed by atoms with Gasteiger partial charge in [0.2, 0.25) is 5.91 Å². The Kier molecular flexibility index (Phi) is 7.26. The molecule has 1 fully saturated rings. The van der Waals surface area contributed by atoms with E-state index in [1.165, 1.54) is 17.7 Å². The van der Waals surface area contributed by atoms with E-state index in [1.807, 2.05) is 30.0 Å². The van der Waals surface area contributed by atoms with E-state index in [-0.39, 0.29) is 29.6 Å². The molecule has 1 aliphatic heterocycles. The molecule has 37 heavy (non-hydrogen) atoms. The van der Waals surface area contributed by atoms with Crippen molar-refractivity contribution in [3.05, 3.63) is 100 Å². The van der Waals surface area contributed by atoms with Gasteiger partial charge in [-0.05, 0) is 79.1 Å². The van der Waals surface area contributed by atoms with Crippen LogP contribution in [0.4, 0.5) is 4.39 Å². The van der Waals surface area contributed by atoms with E-state index in [2.05, 4.69) is 36.5 Å². The maximum atomic E-state index is 13.3. The Balaban J connectivity index is 1.38. The maximum Gasteiger partial charge on any atom is 0.261 e. The van der Waals surface area contributed by atoms with E-state index < -0.39 is 6.10 Å². The molecule has 1 aliphatic carbocycles. The molecule has 2 amide bonds. The van der Waals surface area contributed by atoms with Crippen LogP contribution in [0.15, 0.2) is 66.7 Å². The lowest BCUT2D eigenvalue weighted by Crippen LogP contribution is -2.41. The van der Waals surface area contributed by atoms with E-state index in [1.54, 1.807) is 12.1 Å². The van der Waals surface area contributed by atoms with E-state index >= 15 is 0 Å². The fourth-order valence-corrected chi connectivity index (χ4v) is 5.06. The minimum atomic E-state index is -0.663. The molecule has 0 unspecified atom stereocenters. The van der Waals surface area contributed by atoms with Crippen molar-refractivity contribution >= 4 is 11.8 Å². The molecule has 6 heteroatoms. The predicted octanol–water partition coefficient (Wildman–Crippen LogP) is 5.49. The first-order chi connectivity index (χ1) is 17.9. The Morgan fingerprint density at radius 2 is 1.86 bits per heavy atom. The number of amides is 2. The highest BCUT2D eigenvalue weighted by Gasteiger charge is 2.39. The Morgan fingerprint density at radius 3 is 2.57 bits per heavy atom. The number of halogens is 1. The van der Waals surface area contributed by atoms with Gasteiger partial charge < -0.3 is 15.0 Å². The van der Waals surface area contributed by atoms with Gasteiger partial charge in [0, 0.05) is 19.0 Å². The van der Waals surface area contributed by atoms with Gasteiger partial charge in [0.1, 0.15) is 11.6 Å². The van der Waals surface area contributed by atoms with E-state index in [9.17, 15) is 14.0 Å². The fourth-order valence-electron chi connectivity index (χ4n) is 5.06. The van der Waals surface area contributed by atoms with E-state index in [0.29, 0.717) is 25.3 Å². The smallest absolute Gasteiger partial charge is 0.261 e. The quantitative estimate of drug-likeness (QED) is 0.445. The third-order valence-corrected chi connectivity index (χ3v) is 7.23. The summed E-state index contributed by atoms with van der Waals surface area (Å²) in [5.41, 5.74) is 5.33. The number of nitrogens with one attached hydrogen (secondary N) is 1. The second-order valence-corrected chi connectivity index (χ2v) is 10.1. The first-order valence-corrected chi connectivity index (χ1v) is 13.1. The van der Waals surface area contributed by atoms with Crippen molar-refractivity contribution in [3.8, 4) is 5.75 Å². The van der Waals surface area contributed by atoms with Crippen LogP contribution in [-0.2, 0) is 22.6 Å². The average Bonchev–Trinajstić information content (AvgIpc) is 3.76. The number of aryl methyl sites for hydroxylation is 1. The number of ether oxygens (including phenoxy) is 1. The van der Waals surface area contributed by atoms with Crippen molar-refractivity contribution in [2.24, 2.45) is 5.92 Å². The number of rotatable bonds is 8. The van der Waals surface area contributed by atoms with Crippen LogP contribution in [0.3, 0.4) is 0 Å². The number of nitrogens with zero attached hydrogens (tertiary/aromatic N) is 1. The number of hydrogen-bond acceptors (Lipinski definition) is 3. The van der Waals surface area contributed by atoms with Gasteiger partial charge >= 0.3 is 0 Å². The van der Waals surface area contributed by atoms with Gasteiger partial charge in [-0.1, -0.05) is 55.0 Å². The number of benzene rings is 3. The largest absolute Gasteiger partial charge is 0.481 e.